The van der Waals surface area contributed by atoms with Gasteiger partial charge in [-0.15, -0.1) is 0 Å². The molecule has 1 aromatic heterocycles. The Balaban J connectivity index is 1.23. The van der Waals surface area contributed by atoms with Gasteiger partial charge in [0.05, 0.1) is 0 Å². The van der Waals surface area contributed by atoms with Crippen molar-refractivity contribution in [3.05, 3.63) is 18.1 Å². The van der Waals surface area contributed by atoms with E-state index in [0.717, 1.165) is 63.1 Å². The van der Waals surface area contributed by atoms with Crippen molar-refractivity contribution < 1.29 is 4.79 Å². The van der Waals surface area contributed by atoms with E-state index in [0.29, 0.717) is 24.0 Å². The maximum Gasteiger partial charge on any atom is 0.317 e. The van der Waals surface area contributed by atoms with Gasteiger partial charge in [0, 0.05) is 48.9 Å². The summed E-state index contributed by atoms with van der Waals surface area (Å²) in [5, 5.41) is 6.76. The third kappa shape index (κ3) is 4.69. The molecule has 3 fully saturated rings. The molecule has 0 atom stereocenters. The zero-order chi connectivity index (χ0) is 18.6. The van der Waals surface area contributed by atoms with Crippen LogP contribution in [0.1, 0.15) is 69.4 Å². The van der Waals surface area contributed by atoms with Crippen molar-refractivity contribution in [1.82, 2.24) is 20.2 Å². The molecule has 1 aromatic rings. The van der Waals surface area contributed by atoms with Crippen LogP contribution in [0.2, 0.25) is 0 Å². The number of aromatic nitrogens is 2. The fraction of sp³-hybridized carbons (Fsp3) is 0.750. The fourth-order valence-electron chi connectivity index (χ4n) is 4.53. The Hall–Kier alpha value is -1.89. The van der Waals surface area contributed by atoms with Gasteiger partial charge >= 0.3 is 6.03 Å². The van der Waals surface area contributed by atoms with Crippen LogP contribution in [-0.2, 0) is 0 Å². The number of nitrogens with two attached hydrogens (primary N) is 1. The lowest BCUT2D eigenvalue weighted by molar-refractivity contribution is 0.176. The third-order valence-electron chi connectivity index (χ3n) is 6.35. The molecule has 4 rings (SSSR count). The summed E-state index contributed by atoms with van der Waals surface area (Å²) in [5.74, 6) is 1.37. The first-order valence-electron chi connectivity index (χ1n) is 10.6. The zero-order valence-electron chi connectivity index (χ0n) is 16.1. The van der Waals surface area contributed by atoms with Crippen molar-refractivity contribution in [2.24, 2.45) is 5.73 Å². The summed E-state index contributed by atoms with van der Waals surface area (Å²) in [6, 6.07) is 3.24. The number of nitrogens with one attached hydrogen (secondary N) is 2. The van der Waals surface area contributed by atoms with Gasteiger partial charge in [0.1, 0.15) is 12.1 Å². The van der Waals surface area contributed by atoms with Crippen LogP contribution in [0.25, 0.3) is 0 Å². The first-order chi connectivity index (χ1) is 13.2. The molecule has 0 radical (unpaired) electrons. The largest absolute Gasteiger partial charge is 0.367 e. The molecule has 0 aromatic carbocycles. The molecule has 1 saturated heterocycles. The van der Waals surface area contributed by atoms with Crippen LogP contribution in [0, 0.1) is 0 Å². The van der Waals surface area contributed by atoms with Crippen molar-refractivity contribution >= 4 is 11.8 Å². The van der Waals surface area contributed by atoms with Gasteiger partial charge in [-0.1, -0.05) is 19.3 Å². The molecule has 0 bridgehead atoms. The van der Waals surface area contributed by atoms with E-state index in [1.54, 1.807) is 6.33 Å². The number of urea groups is 1. The maximum atomic E-state index is 12.5. The Morgan fingerprint density at radius 1 is 1.04 bits per heavy atom. The van der Waals surface area contributed by atoms with E-state index in [9.17, 15) is 4.79 Å². The van der Waals surface area contributed by atoms with Gasteiger partial charge in [0.2, 0.25) is 0 Å². The lowest BCUT2D eigenvalue weighted by Crippen LogP contribution is -2.49. The second-order valence-electron chi connectivity index (χ2n) is 8.45. The van der Waals surface area contributed by atoms with E-state index >= 15 is 0 Å². The number of hydrogen-bond donors (Lipinski definition) is 3. The van der Waals surface area contributed by atoms with Crippen LogP contribution in [0.15, 0.2) is 12.4 Å². The topological polar surface area (TPSA) is 96.2 Å². The van der Waals surface area contributed by atoms with Gasteiger partial charge in [-0.05, 0) is 38.5 Å². The van der Waals surface area contributed by atoms with Gasteiger partial charge in [0.25, 0.3) is 0 Å². The maximum absolute atomic E-state index is 12.5. The Kier molecular flexibility index (Phi) is 5.76. The highest BCUT2D eigenvalue weighted by atomic mass is 16.2. The van der Waals surface area contributed by atoms with E-state index in [1.807, 2.05) is 4.90 Å². The molecule has 3 aliphatic rings. The smallest absolute Gasteiger partial charge is 0.317 e. The Labute approximate surface area is 161 Å². The van der Waals surface area contributed by atoms with Crippen molar-refractivity contribution in [3.63, 3.8) is 0 Å². The summed E-state index contributed by atoms with van der Waals surface area (Å²) in [6.07, 6.45) is 11.6. The molecule has 2 aliphatic carbocycles. The number of likely N-dealkylation sites (tertiary alicyclic amines) is 1. The Bertz CT molecular complexity index is 633. The van der Waals surface area contributed by atoms with Crippen molar-refractivity contribution in [3.8, 4) is 0 Å². The zero-order valence-corrected chi connectivity index (χ0v) is 16.1. The molecule has 0 spiro atoms. The molecule has 7 heteroatoms. The van der Waals surface area contributed by atoms with Crippen LogP contribution in [0.3, 0.4) is 0 Å². The lowest BCUT2D eigenvalue weighted by atomic mass is 9.78. The Morgan fingerprint density at radius 3 is 2.48 bits per heavy atom. The van der Waals surface area contributed by atoms with Gasteiger partial charge in [-0.25, -0.2) is 14.8 Å². The minimum absolute atomic E-state index is 0.117. The molecule has 1 aliphatic heterocycles. The highest BCUT2D eigenvalue weighted by molar-refractivity contribution is 5.74. The van der Waals surface area contributed by atoms with E-state index < -0.39 is 0 Å². The average Bonchev–Trinajstić information content (AvgIpc) is 2.67. The van der Waals surface area contributed by atoms with Gasteiger partial charge in [-0.3, -0.25) is 0 Å². The van der Waals surface area contributed by atoms with Crippen LogP contribution in [0.4, 0.5) is 10.6 Å². The Morgan fingerprint density at radius 2 is 1.78 bits per heavy atom. The van der Waals surface area contributed by atoms with Crippen LogP contribution >= 0.6 is 0 Å². The van der Waals surface area contributed by atoms with E-state index in [1.165, 1.54) is 19.3 Å². The molecule has 7 nitrogen and oxygen atoms in total. The number of nitrogens with zero attached hydrogens (tertiary/aromatic N) is 3. The van der Waals surface area contributed by atoms with Crippen LogP contribution in [0.5, 0.6) is 0 Å². The number of anilines is 1. The summed E-state index contributed by atoms with van der Waals surface area (Å²) in [7, 11) is 0. The predicted octanol–water partition coefficient (Wildman–Crippen LogP) is 2.60. The minimum atomic E-state index is 0.117. The second kappa shape index (κ2) is 8.42. The molecule has 0 unspecified atom stereocenters. The number of piperidine rings is 1. The third-order valence-corrected chi connectivity index (χ3v) is 6.35. The number of carbonyl (C=O) groups is 1. The normalized spacial score (nSPS) is 27.1. The number of hydrogen-bond acceptors (Lipinski definition) is 5. The first-order valence-corrected chi connectivity index (χ1v) is 10.6. The summed E-state index contributed by atoms with van der Waals surface area (Å²) < 4.78 is 0. The molecular weight excluding hydrogens is 340 g/mol. The van der Waals surface area contributed by atoms with Crippen LogP contribution in [-0.4, -0.2) is 52.1 Å². The minimum Gasteiger partial charge on any atom is -0.367 e. The van der Waals surface area contributed by atoms with Crippen molar-refractivity contribution in [2.75, 3.05) is 18.4 Å². The summed E-state index contributed by atoms with van der Waals surface area (Å²) >= 11 is 0. The van der Waals surface area contributed by atoms with E-state index in [-0.39, 0.29) is 6.03 Å². The monoisotopic (exact) mass is 372 g/mol. The average molecular weight is 373 g/mol. The van der Waals surface area contributed by atoms with Crippen molar-refractivity contribution in [1.29, 1.82) is 0 Å². The molecule has 2 heterocycles. The lowest BCUT2D eigenvalue weighted by Gasteiger charge is -2.34. The highest BCUT2D eigenvalue weighted by Gasteiger charge is 2.29. The molecule has 2 amide bonds. The van der Waals surface area contributed by atoms with Gasteiger partial charge in [-0.2, -0.15) is 0 Å². The highest BCUT2D eigenvalue weighted by Crippen LogP contribution is 2.35. The quantitative estimate of drug-likeness (QED) is 0.755. The van der Waals surface area contributed by atoms with Crippen molar-refractivity contribution in [2.45, 2.75) is 81.8 Å². The standard InChI is InChI=1S/C20H32N6O/c21-15-10-14(11-15)18-12-19(23-13-22-18)24-17-6-8-26(9-7-17)20(27)25-16-4-2-1-3-5-16/h12-17H,1-11,21H2,(H,25,27)(H,22,23,24). The van der Waals surface area contributed by atoms with Crippen LogP contribution < -0.4 is 16.4 Å². The summed E-state index contributed by atoms with van der Waals surface area (Å²) in [5.41, 5.74) is 6.99. The molecule has 4 N–H and O–H groups in total. The molecule has 27 heavy (non-hydrogen) atoms. The molecule has 148 valence electrons. The van der Waals surface area contributed by atoms with E-state index in [2.05, 4.69) is 26.7 Å². The number of amides is 2. The molecular formula is C20H32N6O. The van der Waals surface area contributed by atoms with Gasteiger partial charge in [0.15, 0.2) is 0 Å². The SMILES string of the molecule is NC1CC(c2cc(NC3CCN(C(=O)NC4CCCCC4)CC3)ncn2)C1. The number of carbonyl (C=O) groups excluding carboxylic acids is 1. The first kappa shape index (κ1) is 18.5. The molecule has 2 saturated carbocycles. The summed E-state index contributed by atoms with van der Waals surface area (Å²) in [4.78, 5) is 23.2. The fourth-order valence-corrected chi connectivity index (χ4v) is 4.53. The summed E-state index contributed by atoms with van der Waals surface area (Å²) in [6.45, 7) is 1.59. The van der Waals surface area contributed by atoms with E-state index in [4.69, 9.17) is 5.73 Å². The predicted molar refractivity (Wildman–Crippen MR) is 106 cm³/mol. The van der Waals surface area contributed by atoms with Gasteiger partial charge < -0.3 is 21.3 Å². The number of rotatable bonds is 4. The second-order valence-corrected chi connectivity index (χ2v) is 8.45.